The number of benzene rings is 4. The van der Waals surface area contributed by atoms with E-state index in [1.807, 2.05) is 72.8 Å². The van der Waals surface area contributed by atoms with Crippen LogP contribution in [0.15, 0.2) is 101 Å². The second-order valence-electron chi connectivity index (χ2n) is 13.7. The second kappa shape index (κ2) is 11.2. The lowest BCUT2D eigenvalue weighted by Gasteiger charge is -2.46. The molecule has 48 heavy (non-hydrogen) atoms. The SMILES string of the molecule is O=C1N(c2nc(-c3ccccc3)nc(-c3ccc(-c4cccc5c4oc4ccccc45)cc3)n2)C(=O)C2(CCCCC2)C12CCCCC2. The molecular weight excluding hydrogens is 596 g/mol. The van der Waals surface area contributed by atoms with E-state index in [2.05, 4.69) is 24.3 Å². The van der Waals surface area contributed by atoms with Crippen LogP contribution < -0.4 is 4.90 Å². The van der Waals surface area contributed by atoms with E-state index in [0.29, 0.717) is 11.6 Å². The molecule has 6 aromatic rings. The van der Waals surface area contributed by atoms with Gasteiger partial charge in [0, 0.05) is 27.5 Å². The fourth-order valence-electron chi connectivity index (χ4n) is 8.89. The van der Waals surface area contributed by atoms with Gasteiger partial charge in [-0.15, -0.1) is 0 Å². The summed E-state index contributed by atoms with van der Waals surface area (Å²) in [5.41, 5.74) is 3.96. The standard InChI is InChI=1S/C41H36N4O3/c46-37-40(23-8-2-9-24-40)41(25-10-3-11-26-41)38(47)45(37)39-43-35(28-13-4-1-5-14-28)42-36(44-39)29-21-19-27(20-22-29)30-16-12-17-32-31-15-6-7-18-33(31)48-34(30)32/h1,4-7,12-22H,2-3,8-11,23-26H2. The van der Waals surface area contributed by atoms with Crippen molar-refractivity contribution < 1.29 is 14.0 Å². The molecule has 0 atom stereocenters. The van der Waals surface area contributed by atoms with Crippen molar-refractivity contribution in [3.05, 3.63) is 97.1 Å². The molecule has 3 aliphatic rings. The minimum atomic E-state index is -0.665. The maximum absolute atomic E-state index is 14.6. The Morgan fingerprint density at radius 1 is 0.521 bits per heavy atom. The third-order valence-corrected chi connectivity index (χ3v) is 11.3. The summed E-state index contributed by atoms with van der Waals surface area (Å²) in [6.45, 7) is 0. The molecule has 0 radical (unpaired) electrons. The van der Waals surface area contributed by atoms with E-state index in [0.717, 1.165) is 108 Å². The fraction of sp³-hybridized carbons (Fsp3) is 0.293. The first-order chi connectivity index (χ1) is 23.6. The molecule has 0 bridgehead atoms. The molecule has 2 aliphatic carbocycles. The number of aromatic nitrogens is 3. The Kier molecular flexibility index (Phi) is 6.78. The van der Waals surface area contributed by atoms with Crippen molar-refractivity contribution >= 4 is 39.7 Å². The predicted octanol–water partition coefficient (Wildman–Crippen LogP) is 9.55. The van der Waals surface area contributed by atoms with Gasteiger partial charge in [0.25, 0.3) is 0 Å². The molecule has 2 saturated carbocycles. The first-order valence-electron chi connectivity index (χ1n) is 17.3. The smallest absolute Gasteiger partial charge is 0.243 e. The van der Waals surface area contributed by atoms with Gasteiger partial charge in [-0.2, -0.15) is 9.97 Å². The second-order valence-corrected chi connectivity index (χ2v) is 13.7. The number of furan rings is 1. The molecule has 9 rings (SSSR count). The van der Waals surface area contributed by atoms with Gasteiger partial charge in [0.1, 0.15) is 11.2 Å². The van der Waals surface area contributed by atoms with E-state index in [1.54, 1.807) is 0 Å². The van der Waals surface area contributed by atoms with E-state index in [1.165, 1.54) is 4.90 Å². The highest BCUT2D eigenvalue weighted by atomic mass is 16.3. The van der Waals surface area contributed by atoms with Crippen LogP contribution in [-0.4, -0.2) is 26.8 Å². The van der Waals surface area contributed by atoms with E-state index in [4.69, 9.17) is 19.4 Å². The third kappa shape index (κ3) is 4.29. The summed E-state index contributed by atoms with van der Waals surface area (Å²) in [4.78, 5) is 45.2. The van der Waals surface area contributed by atoms with Crippen LogP contribution in [-0.2, 0) is 9.59 Å². The Bertz CT molecular complexity index is 2160. The number of anilines is 1. The molecule has 2 amide bonds. The molecule has 1 aliphatic heterocycles. The number of carbonyl (C=O) groups is 2. The summed E-state index contributed by atoms with van der Waals surface area (Å²) in [5.74, 6) is 0.779. The Morgan fingerprint density at radius 2 is 1.06 bits per heavy atom. The molecule has 0 unspecified atom stereocenters. The van der Waals surface area contributed by atoms with Crippen molar-refractivity contribution in [1.29, 1.82) is 0 Å². The normalized spacial score (nSPS) is 18.8. The lowest BCUT2D eigenvalue weighted by Crippen LogP contribution is -2.47. The minimum Gasteiger partial charge on any atom is -0.455 e. The summed E-state index contributed by atoms with van der Waals surface area (Å²) >= 11 is 0. The Hall–Kier alpha value is -5.17. The van der Waals surface area contributed by atoms with Gasteiger partial charge in [0.15, 0.2) is 11.6 Å². The molecule has 4 aromatic carbocycles. The van der Waals surface area contributed by atoms with Crippen LogP contribution in [0.2, 0.25) is 0 Å². The number of hydrogen-bond acceptors (Lipinski definition) is 6. The highest BCUT2D eigenvalue weighted by Crippen LogP contribution is 2.62. The fourth-order valence-corrected chi connectivity index (χ4v) is 8.89. The molecule has 0 N–H and O–H groups in total. The van der Waals surface area contributed by atoms with Gasteiger partial charge in [-0.3, -0.25) is 9.59 Å². The number of rotatable bonds is 4. The van der Waals surface area contributed by atoms with Gasteiger partial charge < -0.3 is 4.42 Å². The van der Waals surface area contributed by atoms with Crippen LogP contribution >= 0.6 is 0 Å². The van der Waals surface area contributed by atoms with Gasteiger partial charge in [-0.05, 0) is 37.3 Å². The molecule has 2 aromatic heterocycles. The lowest BCUT2D eigenvalue weighted by atomic mass is 9.53. The van der Waals surface area contributed by atoms with Crippen molar-refractivity contribution in [2.45, 2.75) is 64.2 Å². The molecule has 2 spiro atoms. The number of nitrogens with zero attached hydrogens (tertiary/aromatic N) is 4. The highest BCUT2D eigenvalue weighted by molar-refractivity contribution is 6.24. The van der Waals surface area contributed by atoms with Gasteiger partial charge in [-0.25, -0.2) is 9.88 Å². The van der Waals surface area contributed by atoms with Gasteiger partial charge in [-0.1, -0.05) is 130 Å². The van der Waals surface area contributed by atoms with Gasteiger partial charge in [0.2, 0.25) is 17.8 Å². The monoisotopic (exact) mass is 632 g/mol. The number of fused-ring (bicyclic) bond motifs is 4. The van der Waals surface area contributed by atoms with Gasteiger partial charge in [0.05, 0.1) is 10.8 Å². The molecule has 7 nitrogen and oxygen atoms in total. The molecular formula is C41H36N4O3. The maximum atomic E-state index is 14.6. The molecule has 3 heterocycles. The minimum absolute atomic E-state index is 0.112. The van der Waals surface area contributed by atoms with Crippen LogP contribution in [0.1, 0.15) is 64.2 Å². The average molecular weight is 633 g/mol. The highest BCUT2D eigenvalue weighted by Gasteiger charge is 2.69. The van der Waals surface area contributed by atoms with Crippen LogP contribution in [0.25, 0.3) is 55.8 Å². The number of para-hydroxylation sites is 2. The van der Waals surface area contributed by atoms with E-state index in [9.17, 15) is 9.59 Å². The zero-order valence-electron chi connectivity index (χ0n) is 26.8. The third-order valence-electron chi connectivity index (χ3n) is 11.3. The predicted molar refractivity (Wildman–Crippen MR) is 187 cm³/mol. The molecule has 1 saturated heterocycles. The van der Waals surface area contributed by atoms with E-state index < -0.39 is 10.8 Å². The van der Waals surface area contributed by atoms with Crippen molar-refractivity contribution in [3.8, 4) is 33.9 Å². The van der Waals surface area contributed by atoms with Crippen molar-refractivity contribution in [1.82, 2.24) is 15.0 Å². The Balaban J connectivity index is 1.15. The summed E-state index contributed by atoms with van der Waals surface area (Å²) in [5, 5.41) is 2.17. The zero-order valence-corrected chi connectivity index (χ0v) is 26.8. The van der Waals surface area contributed by atoms with Crippen molar-refractivity contribution in [3.63, 3.8) is 0 Å². The van der Waals surface area contributed by atoms with Gasteiger partial charge >= 0.3 is 0 Å². The quantitative estimate of drug-likeness (QED) is 0.180. The first-order valence-corrected chi connectivity index (χ1v) is 17.3. The Morgan fingerprint density at radius 3 is 1.71 bits per heavy atom. The average Bonchev–Trinajstić information content (AvgIpc) is 3.61. The largest absolute Gasteiger partial charge is 0.455 e. The lowest BCUT2D eigenvalue weighted by molar-refractivity contribution is -0.141. The zero-order chi connectivity index (χ0) is 32.3. The van der Waals surface area contributed by atoms with Crippen LogP contribution in [0.3, 0.4) is 0 Å². The number of amides is 2. The Labute approximate surface area is 279 Å². The molecule has 3 fully saturated rings. The summed E-state index contributed by atoms with van der Waals surface area (Å²) < 4.78 is 6.30. The number of hydrogen-bond donors (Lipinski definition) is 0. The van der Waals surface area contributed by atoms with Crippen LogP contribution in [0.5, 0.6) is 0 Å². The topological polar surface area (TPSA) is 89.2 Å². The summed E-state index contributed by atoms with van der Waals surface area (Å²) in [6, 6.07) is 32.1. The van der Waals surface area contributed by atoms with E-state index in [-0.39, 0.29) is 17.8 Å². The van der Waals surface area contributed by atoms with Crippen molar-refractivity contribution in [2.24, 2.45) is 10.8 Å². The number of carbonyl (C=O) groups excluding carboxylic acids is 2. The number of imide groups is 1. The van der Waals surface area contributed by atoms with Crippen LogP contribution in [0.4, 0.5) is 5.95 Å². The van der Waals surface area contributed by atoms with Crippen molar-refractivity contribution in [2.75, 3.05) is 4.90 Å². The molecule has 7 heteroatoms. The van der Waals surface area contributed by atoms with Crippen LogP contribution in [0, 0.1) is 10.8 Å². The summed E-state index contributed by atoms with van der Waals surface area (Å²) in [7, 11) is 0. The first kappa shape index (κ1) is 29.0. The maximum Gasteiger partial charge on any atom is 0.243 e. The van der Waals surface area contributed by atoms with E-state index >= 15 is 0 Å². The molecule has 238 valence electrons. The summed E-state index contributed by atoms with van der Waals surface area (Å²) in [6.07, 6.45) is 9.14.